The Morgan fingerprint density at radius 2 is 1.93 bits per heavy atom. The molecule has 0 aromatic carbocycles. The number of halogens is 1. The van der Waals surface area contributed by atoms with Crippen molar-refractivity contribution in [2.45, 2.75) is 51.9 Å². The van der Waals surface area contributed by atoms with E-state index in [0.717, 1.165) is 44.5 Å². The molecule has 0 radical (unpaired) electrons. The van der Waals surface area contributed by atoms with Crippen LogP contribution in [0.5, 0.6) is 0 Å². The van der Waals surface area contributed by atoms with Crippen molar-refractivity contribution in [3.8, 4) is 0 Å². The van der Waals surface area contributed by atoms with E-state index in [4.69, 9.17) is 11.6 Å². The molecular weight excluding hydrogens is 210 g/mol. The van der Waals surface area contributed by atoms with E-state index in [2.05, 4.69) is 12.2 Å². The summed E-state index contributed by atoms with van der Waals surface area (Å²) in [5.41, 5.74) is -0.0769. The summed E-state index contributed by atoms with van der Waals surface area (Å²) < 4.78 is 0. The third kappa shape index (κ3) is 4.02. The summed E-state index contributed by atoms with van der Waals surface area (Å²) >= 11 is 5.58. The quantitative estimate of drug-likeness (QED) is 0.553. The fraction of sp³-hybridized carbons (Fsp3) is 0.917. The summed E-state index contributed by atoms with van der Waals surface area (Å²) in [6.45, 7) is 2.90. The van der Waals surface area contributed by atoms with E-state index in [9.17, 15) is 4.79 Å². The van der Waals surface area contributed by atoms with Gasteiger partial charge in [-0.15, -0.1) is 11.6 Å². The molecule has 0 spiro atoms. The Bertz CT molecular complexity index is 200. The summed E-state index contributed by atoms with van der Waals surface area (Å²) in [5, 5.41) is 3.04. The van der Waals surface area contributed by atoms with Gasteiger partial charge in [0.05, 0.1) is 0 Å². The van der Waals surface area contributed by atoms with Crippen molar-refractivity contribution in [2.24, 2.45) is 5.41 Å². The Morgan fingerprint density at radius 3 is 2.53 bits per heavy atom. The van der Waals surface area contributed by atoms with Gasteiger partial charge in [0.25, 0.3) is 0 Å². The smallest absolute Gasteiger partial charge is 0.225 e. The van der Waals surface area contributed by atoms with Gasteiger partial charge in [0.1, 0.15) is 0 Å². The largest absolute Gasteiger partial charge is 0.356 e. The molecule has 0 atom stereocenters. The Labute approximate surface area is 97.8 Å². The maximum atomic E-state index is 11.9. The van der Waals surface area contributed by atoms with Crippen LogP contribution in [0.1, 0.15) is 51.9 Å². The van der Waals surface area contributed by atoms with Crippen molar-refractivity contribution in [1.82, 2.24) is 5.32 Å². The van der Waals surface area contributed by atoms with Crippen molar-refractivity contribution in [3.05, 3.63) is 0 Å². The molecule has 1 rings (SSSR count). The lowest BCUT2D eigenvalue weighted by Crippen LogP contribution is -2.37. The molecule has 2 nitrogen and oxygen atoms in total. The molecule has 0 aromatic rings. The zero-order chi connectivity index (χ0) is 11.1. The number of carbonyl (C=O) groups excluding carboxylic acids is 1. The maximum absolute atomic E-state index is 11.9. The normalized spacial score (nSPS) is 19.1. The first-order chi connectivity index (χ1) is 7.19. The predicted molar refractivity (Wildman–Crippen MR) is 64.2 cm³/mol. The van der Waals surface area contributed by atoms with Gasteiger partial charge in [-0.3, -0.25) is 4.79 Å². The van der Waals surface area contributed by atoms with Crippen LogP contribution < -0.4 is 5.32 Å². The number of hydrogen-bond acceptors (Lipinski definition) is 1. The van der Waals surface area contributed by atoms with Crippen LogP contribution in [0.25, 0.3) is 0 Å². The molecule has 15 heavy (non-hydrogen) atoms. The minimum Gasteiger partial charge on any atom is -0.356 e. The van der Waals surface area contributed by atoms with E-state index in [1.807, 2.05) is 0 Å². The second-order valence-corrected chi connectivity index (χ2v) is 5.15. The molecule has 1 amide bonds. The average molecular weight is 232 g/mol. The highest BCUT2D eigenvalue weighted by molar-refractivity contribution is 6.17. The molecule has 88 valence electrons. The number of alkyl halides is 1. The third-order valence-corrected chi connectivity index (χ3v) is 3.62. The minimum atomic E-state index is -0.0769. The number of nitrogens with one attached hydrogen (secondary N) is 1. The van der Waals surface area contributed by atoms with E-state index in [-0.39, 0.29) is 11.3 Å². The molecule has 1 saturated carbocycles. The first-order valence-electron chi connectivity index (χ1n) is 6.03. The lowest BCUT2D eigenvalue weighted by atomic mass is 9.88. The Kier molecular flexibility index (Phi) is 5.44. The van der Waals surface area contributed by atoms with Gasteiger partial charge in [-0.25, -0.2) is 0 Å². The molecule has 1 aliphatic carbocycles. The number of unbranched alkanes of at least 4 members (excludes halogenated alkanes) is 2. The zero-order valence-electron chi connectivity index (χ0n) is 9.65. The zero-order valence-corrected chi connectivity index (χ0v) is 10.4. The molecule has 1 N–H and O–H groups in total. The Hall–Kier alpha value is -0.240. The maximum Gasteiger partial charge on any atom is 0.225 e. The standard InChI is InChI=1S/C12H22ClNO/c1-12(7-3-4-8-12)11(15)14-10-6-2-5-9-13/h2-10H2,1H3,(H,14,15). The molecule has 0 unspecified atom stereocenters. The van der Waals surface area contributed by atoms with Crippen molar-refractivity contribution in [2.75, 3.05) is 12.4 Å². The molecule has 1 fully saturated rings. The number of rotatable bonds is 6. The van der Waals surface area contributed by atoms with Gasteiger partial charge in [-0.1, -0.05) is 26.2 Å². The van der Waals surface area contributed by atoms with Gasteiger partial charge < -0.3 is 5.32 Å². The van der Waals surface area contributed by atoms with Crippen LogP contribution in [-0.2, 0) is 4.79 Å². The monoisotopic (exact) mass is 231 g/mol. The first-order valence-corrected chi connectivity index (χ1v) is 6.57. The molecule has 3 heteroatoms. The topological polar surface area (TPSA) is 29.1 Å². The molecule has 0 saturated heterocycles. The number of hydrogen-bond donors (Lipinski definition) is 1. The number of amides is 1. The van der Waals surface area contributed by atoms with E-state index in [1.165, 1.54) is 12.8 Å². The highest BCUT2D eigenvalue weighted by Gasteiger charge is 2.35. The van der Waals surface area contributed by atoms with Crippen molar-refractivity contribution in [1.29, 1.82) is 0 Å². The fourth-order valence-electron chi connectivity index (χ4n) is 2.19. The molecule has 0 bridgehead atoms. The second-order valence-electron chi connectivity index (χ2n) is 4.77. The highest BCUT2D eigenvalue weighted by Crippen LogP contribution is 2.37. The summed E-state index contributed by atoms with van der Waals surface area (Å²) in [6.07, 6.45) is 7.73. The van der Waals surface area contributed by atoms with Gasteiger partial charge in [0.15, 0.2) is 0 Å². The minimum absolute atomic E-state index is 0.0769. The van der Waals surface area contributed by atoms with E-state index in [1.54, 1.807) is 0 Å². The van der Waals surface area contributed by atoms with E-state index < -0.39 is 0 Å². The molecule has 0 aromatic heterocycles. The summed E-state index contributed by atoms with van der Waals surface area (Å²) in [7, 11) is 0. The second kappa shape index (κ2) is 6.37. The van der Waals surface area contributed by atoms with Gasteiger partial charge in [-0.2, -0.15) is 0 Å². The molecule has 0 heterocycles. The van der Waals surface area contributed by atoms with Crippen LogP contribution in [-0.4, -0.2) is 18.3 Å². The highest BCUT2D eigenvalue weighted by atomic mass is 35.5. The van der Waals surface area contributed by atoms with Crippen molar-refractivity contribution < 1.29 is 4.79 Å². The van der Waals surface area contributed by atoms with E-state index >= 15 is 0 Å². The van der Waals surface area contributed by atoms with Crippen LogP contribution in [0.2, 0.25) is 0 Å². The lowest BCUT2D eigenvalue weighted by molar-refractivity contribution is -0.129. The van der Waals surface area contributed by atoms with Crippen LogP contribution in [0.4, 0.5) is 0 Å². The van der Waals surface area contributed by atoms with Crippen LogP contribution in [0, 0.1) is 5.41 Å². The summed E-state index contributed by atoms with van der Waals surface area (Å²) in [4.78, 5) is 11.9. The van der Waals surface area contributed by atoms with Crippen LogP contribution in [0.15, 0.2) is 0 Å². The van der Waals surface area contributed by atoms with Gasteiger partial charge in [0.2, 0.25) is 5.91 Å². The van der Waals surface area contributed by atoms with Gasteiger partial charge in [0, 0.05) is 17.8 Å². The van der Waals surface area contributed by atoms with Gasteiger partial charge >= 0.3 is 0 Å². The van der Waals surface area contributed by atoms with Crippen molar-refractivity contribution in [3.63, 3.8) is 0 Å². The first kappa shape index (κ1) is 12.8. The van der Waals surface area contributed by atoms with Crippen LogP contribution in [0.3, 0.4) is 0 Å². The third-order valence-electron chi connectivity index (χ3n) is 3.35. The van der Waals surface area contributed by atoms with Crippen molar-refractivity contribution >= 4 is 17.5 Å². The molecule has 1 aliphatic rings. The SMILES string of the molecule is CC1(C(=O)NCCCCCCl)CCCC1. The van der Waals surface area contributed by atoms with Gasteiger partial charge in [-0.05, 0) is 25.7 Å². The summed E-state index contributed by atoms with van der Waals surface area (Å²) in [6, 6.07) is 0. The average Bonchev–Trinajstić information content (AvgIpc) is 2.66. The fourth-order valence-corrected chi connectivity index (χ4v) is 2.38. The lowest BCUT2D eigenvalue weighted by Gasteiger charge is -2.22. The van der Waals surface area contributed by atoms with Crippen LogP contribution >= 0.6 is 11.6 Å². The Balaban J connectivity index is 2.12. The molecular formula is C12H22ClNO. The van der Waals surface area contributed by atoms with E-state index in [0.29, 0.717) is 0 Å². The Morgan fingerprint density at radius 1 is 1.27 bits per heavy atom. The number of carbonyl (C=O) groups is 1. The molecule has 0 aliphatic heterocycles. The predicted octanol–water partition coefficient (Wildman–Crippen LogP) is 3.09. The summed E-state index contributed by atoms with van der Waals surface area (Å²) in [5.74, 6) is 0.983.